The van der Waals surface area contributed by atoms with Gasteiger partial charge in [0.05, 0.1) is 5.60 Å². The molecule has 1 aromatic carbocycles. The van der Waals surface area contributed by atoms with Gasteiger partial charge in [0, 0.05) is 24.7 Å². The van der Waals surface area contributed by atoms with E-state index >= 15 is 0 Å². The molecule has 0 heterocycles. The molecule has 2 N–H and O–H groups in total. The summed E-state index contributed by atoms with van der Waals surface area (Å²) in [6.07, 6.45) is 0.640. The summed E-state index contributed by atoms with van der Waals surface area (Å²) in [4.78, 5) is 2.10. The number of hydrogen-bond donors (Lipinski definition) is 2. The highest BCUT2D eigenvalue weighted by molar-refractivity contribution is 5.22. The molecule has 0 radical (unpaired) electrons. The highest BCUT2D eigenvalue weighted by atomic mass is 19.2. The maximum absolute atomic E-state index is 13.8. The van der Waals surface area contributed by atoms with Crippen LogP contribution < -0.4 is 5.32 Å². The summed E-state index contributed by atoms with van der Waals surface area (Å²) in [6, 6.07) is 3.99. The Labute approximate surface area is 126 Å². The first kappa shape index (κ1) is 18.0. The molecule has 5 heteroatoms. The van der Waals surface area contributed by atoms with Crippen LogP contribution in [0, 0.1) is 11.6 Å². The van der Waals surface area contributed by atoms with Crippen LogP contribution in [0.25, 0.3) is 0 Å². The Morgan fingerprint density at radius 1 is 1.33 bits per heavy atom. The van der Waals surface area contributed by atoms with Gasteiger partial charge in [-0.15, -0.1) is 0 Å². The highest BCUT2D eigenvalue weighted by Crippen LogP contribution is 2.22. The molecule has 1 rings (SSSR count). The zero-order valence-electron chi connectivity index (χ0n) is 13.3. The number of nitrogens with one attached hydrogen (secondary N) is 1. The average molecular weight is 300 g/mol. The Morgan fingerprint density at radius 2 is 2.00 bits per heavy atom. The van der Waals surface area contributed by atoms with Gasteiger partial charge in [-0.3, -0.25) is 0 Å². The maximum atomic E-state index is 13.8. The SMILES string of the molecule is CCN(CCC(NC)c1cccc(F)c1F)CC(C)(C)O. The van der Waals surface area contributed by atoms with Crippen LogP contribution in [-0.4, -0.2) is 42.3 Å². The van der Waals surface area contributed by atoms with Crippen molar-refractivity contribution in [1.29, 1.82) is 0 Å². The number of likely N-dealkylation sites (N-methyl/N-ethyl adjacent to an activating group) is 1. The van der Waals surface area contributed by atoms with Crippen molar-refractivity contribution in [3.05, 3.63) is 35.4 Å². The lowest BCUT2D eigenvalue weighted by Crippen LogP contribution is -2.40. The van der Waals surface area contributed by atoms with Gasteiger partial charge in [-0.2, -0.15) is 0 Å². The number of halogens is 2. The average Bonchev–Trinajstić information content (AvgIpc) is 2.41. The zero-order valence-corrected chi connectivity index (χ0v) is 13.3. The Morgan fingerprint density at radius 3 is 2.52 bits per heavy atom. The van der Waals surface area contributed by atoms with Crippen LogP contribution >= 0.6 is 0 Å². The van der Waals surface area contributed by atoms with Gasteiger partial charge in [0.2, 0.25) is 0 Å². The van der Waals surface area contributed by atoms with Crippen LogP contribution in [0.4, 0.5) is 8.78 Å². The third-order valence-corrected chi connectivity index (χ3v) is 3.50. The Bertz CT molecular complexity index is 446. The van der Waals surface area contributed by atoms with Crippen molar-refractivity contribution < 1.29 is 13.9 Å². The summed E-state index contributed by atoms with van der Waals surface area (Å²) in [5.74, 6) is -1.61. The minimum Gasteiger partial charge on any atom is -0.389 e. The molecule has 0 saturated carbocycles. The summed E-state index contributed by atoms with van der Waals surface area (Å²) in [5.41, 5.74) is -0.424. The first-order valence-corrected chi connectivity index (χ1v) is 7.34. The van der Waals surface area contributed by atoms with Crippen LogP contribution in [0.3, 0.4) is 0 Å². The molecule has 0 spiro atoms. The Balaban J connectivity index is 2.72. The van der Waals surface area contributed by atoms with E-state index in [-0.39, 0.29) is 6.04 Å². The lowest BCUT2D eigenvalue weighted by Gasteiger charge is -2.29. The highest BCUT2D eigenvalue weighted by Gasteiger charge is 2.20. The molecule has 21 heavy (non-hydrogen) atoms. The molecule has 0 amide bonds. The van der Waals surface area contributed by atoms with Gasteiger partial charge in [-0.05, 0) is 39.9 Å². The van der Waals surface area contributed by atoms with Crippen molar-refractivity contribution in [3.63, 3.8) is 0 Å². The first-order chi connectivity index (χ1) is 9.78. The van der Waals surface area contributed by atoms with Crippen molar-refractivity contribution >= 4 is 0 Å². The van der Waals surface area contributed by atoms with Crippen LogP contribution in [0.15, 0.2) is 18.2 Å². The molecule has 3 nitrogen and oxygen atoms in total. The lowest BCUT2D eigenvalue weighted by atomic mass is 10.0. The summed E-state index contributed by atoms with van der Waals surface area (Å²) in [5, 5.41) is 12.9. The number of hydrogen-bond acceptors (Lipinski definition) is 3. The molecule has 0 aliphatic carbocycles. The first-order valence-electron chi connectivity index (χ1n) is 7.34. The van der Waals surface area contributed by atoms with Gasteiger partial charge in [0.15, 0.2) is 11.6 Å². The third kappa shape index (κ3) is 5.69. The van der Waals surface area contributed by atoms with Crippen LogP contribution in [0.1, 0.15) is 38.8 Å². The van der Waals surface area contributed by atoms with E-state index in [2.05, 4.69) is 10.2 Å². The van der Waals surface area contributed by atoms with E-state index in [9.17, 15) is 13.9 Å². The zero-order chi connectivity index (χ0) is 16.0. The van der Waals surface area contributed by atoms with Crippen molar-refractivity contribution in [3.8, 4) is 0 Å². The van der Waals surface area contributed by atoms with E-state index in [1.54, 1.807) is 27.0 Å². The number of nitrogens with zero attached hydrogens (tertiary/aromatic N) is 1. The largest absolute Gasteiger partial charge is 0.389 e. The van der Waals surface area contributed by atoms with Gasteiger partial charge in [0.25, 0.3) is 0 Å². The van der Waals surface area contributed by atoms with Crippen LogP contribution in [-0.2, 0) is 0 Å². The molecule has 1 unspecified atom stereocenters. The van der Waals surface area contributed by atoms with E-state index < -0.39 is 17.2 Å². The molecular formula is C16H26F2N2O. The standard InChI is InChI=1S/C16H26F2N2O/c1-5-20(11-16(2,3)21)10-9-14(19-4)12-7-6-8-13(17)15(12)18/h6-8,14,19,21H,5,9-11H2,1-4H3. The number of benzene rings is 1. The molecule has 0 aromatic heterocycles. The second kappa shape index (κ2) is 7.82. The quantitative estimate of drug-likeness (QED) is 0.775. The number of rotatable bonds is 8. The van der Waals surface area contributed by atoms with Gasteiger partial charge in [-0.1, -0.05) is 19.1 Å². The smallest absolute Gasteiger partial charge is 0.163 e. The summed E-state index contributed by atoms with van der Waals surface area (Å²) in [7, 11) is 1.74. The van der Waals surface area contributed by atoms with E-state index in [4.69, 9.17) is 0 Å². The second-order valence-corrected chi connectivity index (χ2v) is 5.95. The predicted octanol–water partition coefficient (Wildman–Crippen LogP) is 2.71. The maximum Gasteiger partial charge on any atom is 0.163 e. The fourth-order valence-corrected chi connectivity index (χ4v) is 2.45. The molecule has 0 bridgehead atoms. The molecular weight excluding hydrogens is 274 g/mol. The molecule has 120 valence electrons. The number of aliphatic hydroxyl groups is 1. The molecule has 1 atom stereocenters. The Kier molecular flexibility index (Phi) is 6.71. The second-order valence-electron chi connectivity index (χ2n) is 5.95. The van der Waals surface area contributed by atoms with Gasteiger partial charge >= 0.3 is 0 Å². The molecule has 0 fully saturated rings. The Hall–Kier alpha value is -1.04. The van der Waals surface area contributed by atoms with E-state index in [1.165, 1.54) is 6.07 Å². The van der Waals surface area contributed by atoms with E-state index in [0.29, 0.717) is 25.1 Å². The van der Waals surface area contributed by atoms with Crippen molar-refractivity contribution in [2.45, 2.75) is 38.8 Å². The van der Waals surface area contributed by atoms with Gasteiger partial charge in [-0.25, -0.2) is 8.78 Å². The van der Waals surface area contributed by atoms with Crippen LogP contribution in [0.5, 0.6) is 0 Å². The fourth-order valence-electron chi connectivity index (χ4n) is 2.45. The van der Waals surface area contributed by atoms with Gasteiger partial charge < -0.3 is 15.3 Å². The minimum absolute atomic E-state index is 0.253. The van der Waals surface area contributed by atoms with Gasteiger partial charge in [0.1, 0.15) is 0 Å². The lowest BCUT2D eigenvalue weighted by molar-refractivity contribution is 0.0367. The van der Waals surface area contributed by atoms with Crippen LogP contribution in [0.2, 0.25) is 0 Å². The molecule has 0 aliphatic rings. The monoisotopic (exact) mass is 300 g/mol. The minimum atomic E-state index is -0.823. The normalized spacial score (nSPS) is 13.7. The topological polar surface area (TPSA) is 35.5 Å². The third-order valence-electron chi connectivity index (χ3n) is 3.50. The fraction of sp³-hybridized carbons (Fsp3) is 0.625. The summed E-state index contributed by atoms with van der Waals surface area (Å²) < 4.78 is 27.2. The summed E-state index contributed by atoms with van der Waals surface area (Å²) >= 11 is 0. The molecule has 1 aromatic rings. The van der Waals surface area contributed by atoms with Crippen molar-refractivity contribution in [1.82, 2.24) is 10.2 Å². The van der Waals surface area contributed by atoms with E-state index in [0.717, 1.165) is 12.6 Å². The van der Waals surface area contributed by atoms with E-state index in [1.807, 2.05) is 6.92 Å². The molecule has 0 aliphatic heterocycles. The summed E-state index contributed by atoms with van der Waals surface area (Å²) in [6.45, 7) is 7.58. The van der Waals surface area contributed by atoms with Crippen molar-refractivity contribution in [2.75, 3.05) is 26.7 Å². The van der Waals surface area contributed by atoms with Crippen molar-refractivity contribution in [2.24, 2.45) is 0 Å². The predicted molar refractivity (Wildman–Crippen MR) is 81.2 cm³/mol. The molecule has 0 saturated heterocycles.